The fraction of sp³-hybridized carbons (Fsp3) is 0.0222. The highest BCUT2D eigenvalue weighted by molar-refractivity contribution is 7.27. The second kappa shape index (κ2) is 33.5. The van der Waals surface area contributed by atoms with E-state index in [4.69, 9.17) is 34.3 Å². The second-order valence-electron chi connectivity index (χ2n) is 37.9. The summed E-state index contributed by atoms with van der Waals surface area (Å²) < 4.78 is 9.16. The van der Waals surface area contributed by atoms with Crippen LogP contribution >= 0.6 is 11.3 Å². The maximum Gasteiger partial charge on any atom is 0.160 e. The zero-order valence-electron chi connectivity index (χ0n) is 78.0. The lowest BCUT2D eigenvalue weighted by Gasteiger charge is -2.24. The number of rotatable bonds is 9. The van der Waals surface area contributed by atoms with Gasteiger partial charge in [-0.1, -0.05) is 432 Å². The van der Waals surface area contributed by atoms with E-state index >= 15 is 0 Å². The standard InChI is InChI=1S/C47H32N2.C44H26N2O.C44H26N2S/c1-47(2)39-22-12-11-20-37(39)42-36-19-10-9-18-35(36)41-33-26-24-32(28-31(33)25-27-38(41)43(42)47)34-21-13-23-40-46(34)49-45(30-16-7-4-8-17-30)44(48-40)29-14-5-3-6-15-29;1-3-11-27(12-4-1)42-35-23-20-30(26-38(35)45-44(46-42)28-13-5-2-6-14-28)29-19-22-32-31(25-29)21-24-37-40(32)33-15-7-8-16-34(33)43-41(37)36-17-9-10-18-39(36)47-43;1-3-12-27(13-4-1)41-42(28-14-5-2-6-15-28)46-43-32(19-11-20-37(43)45-41)30-22-24-31-29(26-30)23-25-36-39(31)33-16-7-8-17-34(33)44-40(36)35-18-9-10-21-38(35)47-44/h3-28H,1-2H3;2*1-26H. The summed E-state index contributed by atoms with van der Waals surface area (Å²) in [6.45, 7) is 4.77. The predicted molar refractivity (Wildman–Crippen MR) is 603 cm³/mol. The summed E-state index contributed by atoms with van der Waals surface area (Å²) in [5.41, 5.74) is 29.4. The van der Waals surface area contributed by atoms with Crippen molar-refractivity contribution in [2.24, 2.45) is 0 Å². The highest BCUT2D eigenvalue weighted by Crippen LogP contribution is 2.57. The molecule has 0 radical (unpaired) electrons. The molecule has 0 atom stereocenters. The fourth-order valence-electron chi connectivity index (χ4n) is 23.0. The quantitative estimate of drug-likeness (QED) is 0.133. The van der Waals surface area contributed by atoms with Gasteiger partial charge in [0.1, 0.15) is 11.2 Å². The first-order valence-electron chi connectivity index (χ1n) is 48.9. The number of para-hydroxylation sites is 3. The number of hydrogen-bond acceptors (Lipinski definition) is 8. The molecule has 666 valence electrons. The van der Waals surface area contributed by atoms with E-state index in [9.17, 15) is 0 Å². The molecule has 0 N–H and O–H groups in total. The van der Waals surface area contributed by atoms with Crippen LogP contribution in [0.1, 0.15) is 25.0 Å². The highest BCUT2D eigenvalue weighted by atomic mass is 32.1. The first kappa shape index (κ1) is 82.9. The van der Waals surface area contributed by atoms with Gasteiger partial charge >= 0.3 is 0 Å². The van der Waals surface area contributed by atoms with Crippen molar-refractivity contribution >= 4 is 183 Å². The summed E-state index contributed by atoms with van der Waals surface area (Å²) in [6, 6.07) is 168. The lowest BCUT2D eigenvalue weighted by Crippen LogP contribution is -2.15. The minimum atomic E-state index is -0.0987. The Morgan fingerprint density at radius 3 is 1.15 bits per heavy atom. The van der Waals surface area contributed by atoms with Gasteiger partial charge in [-0.25, -0.2) is 29.9 Å². The van der Waals surface area contributed by atoms with Crippen LogP contribution in [0.3, 0.4) is 0 Å². The Morgan fingerprint density at radius 2 is 0.601 bits per heavy atom. The van der Waals surface area contributed by atoms with Gasteiger partial charge < -0.3 is 4.42 Å². The number of benzene rings is 24. The molecule has 0 amide bonds. The van der Waals surface area contributed by atoms with Gasteiger partial charge in [0, 0.05) is 97.0 Å². The third kappa shape index (κ3) is 13.6. The summed E-state index contributed by atoms with van der Waals surface area (Å²) in [6.07, 6.45) is 0. The van der Waals surface area contributed by atoms with E-state index in [1.165, 1.54) is 139 Å². The van der Waals surface area contributed by atoms with E-state index < -0.39 is 0 Å². The van der Waals surface area contributed by atoms with Gasteiger partial charge in [-0.05, 0) is 185 Å². The van der Waals surface area contributed by atoms with Crippen molar-refractivity contribution in [3.05, 3.63) is 484 Å². The van der Waals surface area contributed by atoms with E-state index in [0.717, 1.165) is 156 Å². The van der Waals surface area contributed by atoms with Crippen LogP contribution in [-0.4, -0.2) is 29.9 Å². The Hall–Kier alpha value is -18.3. The van der Waals surface area contributed by atoms with Crippen molar-refractivity contribution in [1.29, 1.82) is 0 Å². The minimum absolute atomic E-state index is 0.0987. The molecule has 30 rings (SSSR count). The number of nitrogens with zero attached hydrogens (tertiary/aromatic N) is 6. The van der Waals surface area contributed by atoms with Crippen LogP contribution in [0, 0.1) is 0 Å². The Morgan fingerprint density at radius 1 is 0.217 bits per heavy atom. The summed E-state index contributed by atoms with van der Waals surface area (Å²) in [5, 5.41) is 28.8. The molecule has 0 saturated carbocycles. The topological polar surface area (TPSA) is 90.5 Å². The van der Waals surface area contributed by atoms with Gasteiger partial charge in [0.25, 0.3) is 0 Å². The number of aromatic nitrogens is 6. The molecule has 5 aromatic heterocycles. The van der Waals surface area contributed by atoms with Crippen molar-refractivity contribution in [3.8, 4) is 112 Å². The summed E-state index contributed by atoms with van der Waals surface area (Å²) >= 11 is 1.90. The van der Waals surface area contributed by atoms with Gasteiger partial charge in [-0.2, -0.15) is 0 Å². The molecule has 143 heavy (non-hydrogen) atoms. The lowest BCUT2D eigenvalue weighted by molar-refractivity contribution is 0.666. The molecule has 24 aromatic carbocycles. The molecule has 0 spiro atoms. The average Bonchev–Trinajstić information content (AvgIpc) is 1.54. The Balaban J connectivity index is 0.000000105. The average molecular weight is 1840 g/mol. The molecule has 7 nitrogen and oxygen atoms in total. The molecule has 0 aliphatic heterocycles. The molecule has 1 aliphatic rings. The van der Waals surface area contributed by atoms with E-state index in [0.29, 0.717) is 0 Å². The maximum absolute atomic E-state index is 6.46. The fourth-order valence-corrected chi connectivity index (χ4v) is 24.2. The first-order chi connectivity index (χ1) is 70.7. The van der Waals surface area contributed by atoms with E-state index in [-0.39, 0.29) is 5.41 Å². The van der Waals surface area contributed by atoms with Crippen LogP contribution < -0.4 is 0 Å². The Kier molecular flexibility index (Phi) is 19.4. The summed E-state index contributed by atoms with van der Waals surface area (Å²) in [5.74, 6) is 0.726. The molecule has 29 aromatic rings. The normalized spacial score (nSPS) is 12.3. The summed E-state index contributed by atoms with van der Waals surface area (Å²) in [4.78, 5) is 31.4. The number of thiophene rings is 1. The first-order valence-corrected chi connectivity index (χ1v) is 49.7. The number of fused-ring (bicyclic) bond motifs is 33. The van der Waals surface area contributed by atoms with Crippen LogP contribution in [0.25, 0.3) is 284 Å². The Labute approximate surface area is 827 Å². The molecule has 0 saturated heterocycles. The third-order valence-corrected chi connectivity index (χ3v) is 30.7. The van der Waals surface area contributed by atoms with Gasteiger partial charge in [0.05, 0.1) is 56.1 Å². The maximum atomic E-state index is 6.46. The molecule has 0 fully saturated rings. The van der Waals surface area contributed by atoms with Crippen LogP contribution in [-0.2, 0) is 5.41 Å². The minimum Gasteiger partial charge on any atom is -0.455 e. The zero-order chi connectivity index (χ0) is 94.5. The smallest absolute Gasteiger partial charge is 0.160 e. The molecule has 1 aliphatic carbocycles. The number of furan rings is 1. The van der Waals surface area contributed by atoms with Crippen molar-refractivity contribution < 1.29 is 4.42 Å². The third-order valence-electron chi connectivity index (χ3n) is 29.5. The molecule has 8 heteroatoms. The van der Waals surface area contributed by atoms with E-state index in [1.807, 2.05) is 65.9 Å². The van der Waals surface area contributed by atoms with Crippen molar-refractivity contribution in [2.45, 2.75) is 19.3 Å². The summed E-state index contributed by atoms with van der Waals surface area (Å²) in [7, 11) is 0. The SMILES string of the molecule is CC1(C)c2ccccc2-c2c1c1ccc3cc(-c4cccc5nc(-c6ccccc6)c(-c6ccccc6)nc45)ccc3c1c1ccccc21.c1ccc(-c2nc(-c3ccccc3)c3ccc(-c4ccc5c(ccc6c5c5ccccc5c5oc7ccccc7c65)c4)cc3n2)cc1.c1ccc(-c2nc3cccc(-c4ccc5c(ccc6c5c5ccccc5c5sc7ccccc7c65)c4)c3nc2-c2ccccc2)cc1. The highest BCUT2D eigenvalue weighted by Gasteiger charge is 2.39. The second-order valence-corrected chi connectivity index (χ2v) is 39.0. The van der Waals surface area contributed by atoms with Crippen LogP contribution in [0.5, 0.6) is 0 Å². The van der Waals surface area contributed by atoms with E-state index in [2.05, 4.69) is 432 Å². The van der Waals surface area contributed by atoms with Crippen LogP contribution in [0.2, 0.25) is 0 Å². The zero-order valence-corrected chi connectivity index (χ0v) is 78.8. The molecule has 0 bridgehead atoms. The van der Waals surface area contributed by atoms with Crippen LogP contribution in [0.15, 0.2) is 478 Å². The molecule has 0 unspecified atom stereocenters. The van der Waals surface area contributed by atoms with Gasteiger partial charge in [0.2, 0.25) is 0 Å². The number of hydrogen-bond donors (Lipinski definition) is 0. The lowest BCUT2D eigenvalue weighted by atomic mass is 9.78. The van der Waals surface area contributed by atoms with E-state index in [1.54, 1.807) is 0 Å². The van der Waals surface area contributed by atoms with Gasteiger partial charge in [-0.3, -0.25) is 0 Å². The largest absolute Gasteiger partial charge is 0.455 e. The molecule has 5 heterocycles. The van der Waals surface area contributed by atoms with Crippen molar-refractivity contribution in [1.82, 2.24) is 29.9 Å². The Bertz CT molecular complexity index is 10300. The van der Waals surface area contributed by atoms with Gasteiger partial charge in [-0.15, -0.1) is 11.3 Å². The monoisotopic (exact) mass is 1840 g/mol. The van der Waals surface area contributed by atoms with Crippen molar-refractivity contribution in [3.63, 3.8) is 0 Å². The molecular formula is C135H84N6OS. The molecular weight excluding hydrogens is 1750 g/mol. The van der Waals surface area contributed by atoms with Crippen molar-refractivity contribution in [2.75, 3.05) is 0 Å². The van der Waals surface area contributed by atoms with Gasteiger partial charge in [0.15, 0.2) is 5.82 Å². The predicted octanol–water partition coefficient (Wildman–Crippen LogP) is 36.8. The van der Waals surface area contributed by atoms with Crippen LogP contribution in [0.4, 0.5) is 0 Å².